The maximum atomic E-state index is 12.3. The number of carbonyl (C=O) groups is 1. The van der Waals surface area contributed by atoms with Crippen LogP contribution < -0.4 is 10.2 Å². The largest absolute Gasteiger partial charge is 0.378 e. The van der Waals surface area contributed by atoms with Crippen molar-refractivity contribution >= 4 is 27.5 Å². The second-order valence-corrected chi connectivity index (χ2v) is 7.82. The maximum absolute atomic E-state index is 12.3. The zero-order valence-electron chi connectivity index (χ0n) is 14.8. The molecule has 26 heavy (non-hydrogen) atoms. The molecule has 3 rings (SSSR count). The number of anilines is 1. The predicted molar refractivity (Wildman–Crippen MR) is 99.2 cm³/mol. The minimum atomic E-state index is -3.71. The molecule has 0 atom stereocenters. The van der Waals surface area contributed by atoms with Gasteiger partial charge in [0.05, 0.1) is 24.5 Å². The molecule has 0 bridgehead atoms. The molecule has 1 aromatic carbocycles. The number of hydrogen-bond donors (Lipinski definition) is 1. The van der Waals surface area contributed by atoms with Crippen LogP contribution in [0.5, 0.6) is 0 Å². The SMILES string of the molecule is CC1=NS(=O)(=O)N(C)C=C1C(=O)NCc1ccc(N2CCOCC2)cc1. The maximum Gasteiger partial charge on any atom is 0.344 e. The lowest BCUT2D eigenvalue weighted by Crippen LogP contribution is -2.36. The van der Waals surface area contributed by atoms with Crippen molar-refractivity contribution < 1.29 is 17.9 Å². The average molecular weight is 378 g/mol. The van der Waals surface area contributed by atoms with E-state index in [1.165, 1.54) is 20.2 Å². The van der Waals surface area contributed by atoms with E-state index < -0.39 is 10.2 Å². The summed E-state index contributed by atoms with van der Waals surface area (Å²) in [7, 11) is -2.36. The number of nitrogens with one attached hydrogen (secondary N) is 1. The van der Waals surface area contributed by atoms with Gasteiger partial charge in [0.15, 0.2) is 0 Å². The van der Waals surface area contributed by atoms with Crippen LogP contribution in [-0.4, -0.2) is 57.7 Å². The van der Waals surface area contributed by atoms with Crippen molar-refractivity contribution in [3.63, 3.8) is 0 Å². The topological polar surface area (TPSA) is 91.3 Å². The highest BCUT2D eigenvalue weighted by molar-refractivity contribution is 7.88. The van der Waals surface area contributed by atoms with Gasteiger partial charge in [-0.3, -0.25) is 9.10 Å². The molecule has 2 aliphatic heterocycles. The molecule has 2 aliphatic rings. The first kappa shape index (κ1) is 18.4. The second-order valence-electron chi connectivity index (χ2n) is 6.16. The summed E-state index contributed by atoms with van der Waals surface area (Å²) in [6, 6.07) is 8.00. The Balaban J connectivity index is 1.60. The van der Waals surface area contributed by atoms with Crippen molar-refractivity contribution in [2.75, 3.05) is 38.3 Å². The molecule has 0 aromatic heterocycles. The van der Waals surface area contributed by atoms with Crippen LogP contribution >= 0.6 is 0 Å². The van der Waals surface area contributed by atoms with Crippen LogP contribution in [0.25, 0.3) is 0 Å². The van der Waals surface area contributed by atoms with E-state index in [2.05, 4.69) is 14.6 Å². The third kappa shape index (κ3) is 4.05. The molecule has 1 aromatic rings. The fraction of sp³-hybridized carbons (Fsp3) is 0.412. The molecular weight excluding hydrogens is 356 g/mol. The van der Waals surface area contributed by atoms with E-state index in [1.54, 1.807) is 0 Å². The zero-order chi connectivity index (χ0) is 18.7. The first-order valence-electron chi connectivity index (χ1n) is 8.33. The lowest BCUT2D eigenvalue weighted by Gasteiger charge is -2.28. The van der Waals surface area contributed by atoms with Crippen LogP contribution in [0.15, 0.2) is 40.4 Å². The Kier molecular flexibility index (Phi) is 5.28. The molecule has 9 heteroatoms. The molecule has 0 radical (unpaired) electrons. The fourth-order valence-corrected chi connectivity index (χ4v) is 3.59. The van der Waals surface area contributed by atoms with Crippen LogP contribution in [0.3, 0.4) is 0 Å². The van der Waals surface area contributed by atoms with Gasteiger partial charge in [0.2, 0.25) is 0 Å². The van der Waals surface area contributed by atoms with Gasteiger partial charge in [-0.1, -0.05) is 12.1 Å². The Hall–Kier alpha value is -2.39. The van der Waals surface area contributed by atoms with E-state index in [9.17, 15) is 13.2 Å². The van der Waals surface area contributed by atoms with Gasteiger partial charge in [0, 0.05) is 38.6 Å². The third-order valence-electron chi connectivity index (χ3n) is 4.33. The molecule has 2 heterocycles. The van der Waals surface area contributed by atoms with Gasteiger partial charge in [-0.05, 0) is 24.6 Å². The number of rotatable bonds is 4. The van der Waals surface area contributed by atoms with Gasteiger partial charge < -0.3 is 15.0 Å². The smallest absolute Gasteiger partial charge is 0.344 e. The lowest BCUT2D eigenvalue weighted by atomic mass is 10.1. The first-order valence-corrected chi connectivity index (χ1v) is 9.73. The van der Waals surface area contributed by atoms with Gasteiger partial charge >= 0.3 is 10.2 Å². The molecule has 1 amide bonds. The molecule has 0 saturated carbocycles. The van der Waals surface area contributed by atoms with Crippen molar-refractivity contribution in [3.05, 3.63) is 41.6 Å². The van der Waals surface area contributed by atoms with Gasteiger partial charge in [-0.2, -0.15) is 8.42 Å². The van der Waals surface area contributed by atoms with E-state index in [4.69, 9.17) is 4.74 Å². The number of morpholine rings is 1. The van der Waals surface area contributed by atoms with Crippen molar-refractivity contribution in [3.8, 4) is 0 Å². The first-order chi connectivity index (χ1) is 12.4. The molecule has 140 valence electrons. The molecule has 1 saturated heterocycles. The summed E-state index contributed by atoms with van der Waals surface area (Å²) in [6.45, 7) is 5.07. The summed E-state index contributed by atoms with van der Waals surface area (Å²) >= 11 is 0. The Morgan fingerprint density at radius 2 is 1.88 bits per heavy atom. The van der Waals surface area contributed by atoms with E-state index in [1.807, 2.05) is 24.3 Å². The Bertz CT molecular complexity index is 840. The van der Waals surface area contributed by atoms with Crippen molar-refractivity contribution in [2.45, 2.75) is 13.5 Å². The Morgan fingerprint density at radius 3 is 2.54 bits per heavy atom. The van der Waals surface area contributed by atoms with Crippen LogP contribution in [0.4, 0.5) is 5.69 Å². The summed E-state index contributed by atoms with van der Waals surface area (Å²) in [4.78, 5) is 14.6. The quantitative estimate of drug-likeness (QED) is 0.832. The molecule has 1 N–H and O–H groups in total. The number of hydrogen-bond acceptors (Lipinski definition) is 5. The summed E-state index contributed by atoms with van der Waals surface area (Å²) in [5.41, 5.74) is 2.52. The summed E-state index contributed by atoms with van der Waals surface area (Å²) < 4.78 is 33.2. The van der Waals surface area contributed by atoms with Gasteiger partial charge in [0.1, 0.15) is 0 Å². The van der Waals surface area contributed by atoms with Gasteiger partial charge in [-0.15, -0.1) is 4.40 Å². The second kappa shape index (κ2) is 7.46. The number of ether oxygens (including phenoxy) is 1. The highest BCUT2D eigenvalue weighted by atomic mass is 32.2. The monoisotopic (exact) mass is 378 g/mol. The van der Waals surface area contributed by atoms with E-state index in [0.29, 0.717) is 6.54 Å². The zero-order valence-corrected chi connectivity index (χ0v) is 15.6. The Labute approximate surface area is 153 Å². The highest BCUT2D eigenvalue weighted by Gasteiger charge is 2.25. The lowest BCUT2D eigenvalue weighted by molar-refractivity contribution is -0.117. The van der Waals surface area contributed by atoms with Gasteiger partial charge in [0.25, 0.3) is 5.91 Å². The van der Waals surface area contributed by atoms with E-state index >= 15 is 0 Å². The minimum absolute atomic E-state index is 0.184. The molecular formula is C17H22N4O4S. The number of nitrogens with zero attached hydrogens (tertiary/aromatic N) is 3. The van der Waals surface area contributed by atoms with Gasteiger partial charge in [-0.25, -0.2) is 0 Å². The standard InChI is InChI=1S/C17H22N4O4S/c1-13-16(12-20(2)26(23,24)19-13)17(22)18-11-14-3-5-15(6-4-14)21-7-9-25-10-8-21/h3-6,12H,7-11H2,1-2H3,(H,18,22). The Morgan fingerprint density at radius 1 is 1.23 bits per heavy atom. The van der Waals surface area contributed by atoms with E-state index in [0.717, 1.165) is 41.9 Å². The molecule has 0 spiro atoms. The number of amides is 1. The van der Waals surface area contributed by atoms with E-state index in [-0.39, 0.29) is 17.2 Å². The summed E-state index contributed by atoms with van der Waals surface area (Å²) in [5.74, 6) is -0.356. The molecule has 1 fully saturated rings. The molecule has 0 unspecified atom stereocenters. The molecule has 8 nitrogen and oxygen atoms in total. The number of carbonyl (C=O) groups excluding carboxylic acids is 1. The minimum Gasteiger partial charge on any atom is -0.378 e. The van der Waals surface area contributed by atoms with Crippen molar-refractivity contribution in [2.24, 2.45) is 4.40 Å². The summed E-state index contributed by atoms with van der Waals surface area (Å²) in [6.07, 6.45) is 1.29. The predicted octanol–water partition coefficient (Wildman–Crippen LogP) is 0.674. The summed E-state index contributed by atoms with van der Waals surface area (Å²) in [5, 5.41) is 2.80. The number of benzene rings is 1. The third-order valence-corrected chi connectivity index (χ3v) is 5.67. The van der Waals surface area contributed by atoms with Crippen molar-refractivity contribution in [1.82, 2.24) is 9.62 Å². The van der Waals surface area contributed by atoms with Crippen molar-refractivity contribution in [1.29, 1.82) is 0 Å². The van der Waals surface area contributed by atoms with Crippen LogP contribution in [0.2, 0.25) is 0 Å². The highest BCUT2D eigenvalue weighted by Crippen LogP contribution is 2.17. The fourth-order valence-electron chi connectivity index (χ4n) is 2.78. The average Bonchev–Trinajstić information content (AvgIpc) is 2.63. The molecule has 0 aliphatic carbocycles. The van der Waals surface area contributed by atoms with Crippen LogP contribution in [0, 0.1) is 0 Å². The normalized spacial score (nSPS) is 19.6. The van der Waals surface area contributed by atoms with Crippen LogP contribution in [0.1, 0.15) is 12.5 Å². The van der Waals surface area contributed by atoms with Crippen LogP contribution in [-0.2, 0) is 26.3 Å².